The fourth-order valence-electron chi connectivity index (χ4n) is 1.67. The Bertz CT molecular complexity index is 445. The van der Waals surface area contributed by atoms with E-state index < -0.39 is 11.9 Å². The number of methoxy groups -OCH3 is 1. The minimum atomic E-state index is -0.696. The van der Waals surface area contributed by atoms with E-state index in [1.54, 1.807) is 31.4 Å². The molecule has 6 heteroatoms. The summed E-state index contributed by atoms with van der Waals surface area (Å²) in [7, 11) is 1.57. The Balaban J connectivity index is 2.44. The summed E-state index contributed by atoms with van der Waals surface area (Å²) in [5.41, 5.74) is 11.8. The van der Waals surface area contributed by atoms with Crippen LogP contribution in [0.25, 0.3) is 0 Å². The number of carbonyl (C=O) groups is 2. The van der Waals surface area contributed by atoms with Crippen molar-refractivity contribution in [1.29, 1.82) is 0 Å². The minimum Gasteiger partial charge on any atom is -0.497 e. The van der Waals surface area contributed by atoms with Crippen LogP contribution in [0.5, 0.6) is 5.75 Å². The van der Waals surface area contributed by atoms with E-state index in [1.165, 1.54) is 0 Å². The van der Waals surface area contributed by atoms with Gasteiger partial charge in [0.05, 0.1) is 19.6 Å². The summed E-state index contributed by atoms with van der Waals surface area (Å²) in [6.45, 7) is 0.473. The number of amides is 2. The van der Waals surface area contributed by atoms with Crippen LogP contribution >= 0.6 is 0 Å². The molecule has 0 bridgehead atoms. The van der Waals surface area contributed by atoms with Gasteiger partial charge in [-0.05, 0) is 37.1 Å². The summed E-state index contributed by atoms with van der Waals surface area (Å²) in [6, 6.07) is 6.38. The molecule has 0 radical (unpaired) electrons. The van der Waals surface area contributed by atoms with Gasteiger partial charge in [-0.3, -0.25) is 14.9 Å². The van der Waals surface area contributed by atoms with Crippen molar-refractivity contribution in [3.8, 4) is 5.75 Å². The van der Waals surface area contributed by atoms with Crippen LogP contribution in [-0.4, -0.2) is 31.5 Å². The summed E-state index contributed by atoms with van der Waals surface area (Å²) in [5, 5.41) is 2.29. The zero-order chi connectivity index (χ0) is 15.0. The molecule has 0 saturated carbocycles. The molecular weight excluding hydrogens is 258 g/mol. The highest BCUT2D eigenvalue weighted by atomic mass is 16.5. The number of benzene rings is 1. The summed E-state index contributed by atoms with van der Waals surface area (Å²) < 4.78 is 5.03. The molecule has 0 spiro atoms. The molecule has 0 aromatic heterocycles. The highest BCUT2D eigenvalue weighted by molar-refractivity contribution is 5.98. The lowest BCUT2D eigenvalue weighted by Gasteiger charge is -2.10. The highest BCUT2D eigenvalue weighted by Gasteiger charge is 2.15. The van der Waals surface area contributed by atoms with Crippen molar-refractivity contribution in [2.75, 3.05) is 13.7 Å². The molecule has 20 heavy (non-hydrogen) atoms. The van der Waals surface area contributed by atoms with Crippen molar-refractivity contribution >= 4 is 11.8 Å². The van der Waals surface area contributed by atoms with Crippen LogP contribution in [0, 0.1) is 0 Å². The normalized spacial score (nSPS) is 11.8. The van der Waals surface area contributed by atoms with Gasteiger partial charge in [0, 0.05) is 0 Å². The van der Waals surface area contributed by atoms with E-state index in [-0.39, 0.29) is 12.3 Å². The number of imide groups is 1. The van der Waals surface area contributed by atoms with E-state index in [2.05, 4.69) is 5.32 Å². The van der Waals surface area contributed by atoms with Crippen LogP contribution in [0.2, 0.25) is 0 Å². The third kappa shape index (κ3) is 5.38. The third-order valence-electron chi connectivity index (χ3n) is 2.84. The lowest BCUT2D eigenvalue weighted by atomic mass is 10.1. The predicted octanol–water partition coefficient (Wildman–Crippen LogP) is -0.0533. The topological polar surface area (TPSA) is 107 Å². The Morgan fingerprint density at radius 2 is 1.95 bits per heavy atom. The molecule has 0 aliphatic rings. The first-order valence-corrected chi connectivity index (χ1v) is 6.49. The van der Waals surface area contributed by atoms with E-state index >= 15 is 0 Å². The summed E-state index contributed by atoms with van der Waals surface area (Å²) in [5.74, 6) is -0.116. The van der Waals surface area contributed by atoms with E-state index in [1.807, 2.05) is 0 Å². The number of nitrogens with two attached hydrogens (primary N) is 2. The number of carbonyl (C=O) groups excluding carboxylic acids is 2. The fourth-order valence-corrected chi connectivity index (χ4v) is 1.67. The standard InChI is InChI=1S/C14H21N3O3/c1-20-11-6-4-10(5-7-11)9-13(18)17-14(19)12(16)3-2-8-15/h4-7,12H,2-3,8-9,15-16H2,1H3,(H,17,18,19)/t12-/m0/s1. The second-order valence-electron chi connectivity index (χ2n) is 4.47. The fraction of sp³-hybridized carbons (Fsp3) is 0.429. The molecule has 0 unspecified atom stereocenters. The van der Waals surface area contributed by atoms with Gasteiger partial charge in [0.15, 0.2) is 0 Å². The van der Waals surface area contributed by atoms with Gasteiger partial charge in [-0.2, -0.15) is 0 Å². The Morgan fingerprint density at radius 3 is 2.50 bits per heavy atom. The van der Waals surface area contributed by atoms with Crippen LogP contribution in [0.4, 0.5) is 0 Å². The first kappa shape index (κ1) is 16.1. The van der Waals surface area contributed by atoms with Gasteiger partial charge in [0.1, 0.15) is 5.75 Å². The van der Waals surface area contributed by atoms with Crippen molar-refractivity contribution in [2.45, 2.75) is 25.3 Å². The van der Waals surface area contributed by atoms with Gasteiger partial charge in [-0.1, -0.05) is 12.1 Å². The number of hydrogen-bond donors (Lipinski definition) is 3. The molecular formula is C14H21N3O3. The van der Waals surface area contributed by atoms with Gasteiger partial charge in [0.25, 0.3) is 0 Å². The largest absolute Gasteiger partial charge is 0.497 e. The molecule has 0 heterocycles. The molecule has 0 aliphatic carbocycles. The Kier molecular flexibility index (Phi) is 6.69. The summed E-state index contributed by atoms with van der Waals surface area (Å²) in [6.07, 6.45) is 1.25. The molecule has 5 N–H and O–H groups in total. The number of ether oxygens (including phenoxy) is 1. The monoisotopic (exact) mass is 279 g/mol. The van der Waals surface area contributed by atoms with Crippen molar-refractivity contribution in [1.82, 2.24) is 5.32 Å². The predicted molar refractivity (Wildman–Crippen MR) is 76.1 cm³/mol. The molecule has 0 fully saturated rings. The molecule has 6 nitrogen and oxygen atoms in total. The van der Waals surface area contributed by atoms with E-state index in [0.29, 0.717) is 25.1 Å². The van der Waals surface area contributed by atoms with E-state index in [9.17, 15) is 9.59 Å². The molecule has 0 aliphatic heterocycles. The van der Waals surface area contributed by atoms with Crippen LogP contribution in [0.1, 0.15) is 18.4 Å². The van der Waals surface area contributed by atoms with Crippen molar-refractivity contribution < 1.29 is 14.3 Å². The van der Waals surface area contributed by atoms with Gasteiger partial charge in [-0.25, -0.2) is 0 Å². The number of rotatable bonds is 7. The molecule has 2 amide bonds. The first-order valence-electron chi connectivity index (χ1n) is 6.49. The Labute approximate surface area is 118 Å². The van der Waals surface area contributed by atoms with Crippen LogP contribution in [-0.2, 0) is 16.0 Å². The van der Waals surface area contributed by atoms with Gasteiger partial charge in [0.2, 0.25) is 11.8 Å². The molecule has 110 valence electrons. The maximum atomic E-state index is 11.7. The zero-order valence-corrected chi connectivity index (χ0v) is 11.6. The SMILES string of the molecule is COc1ccc(CC(=O)NC(=O)[C@@H](N)CCCN)cc1. The van der Waals surface area contributed by atoms with Crippen molar-refractivity contribution in [2.24, 2.45) is 11.5 Å². The quantitative estimate of drug-likeness (QED) is 0.648. The van der Waals surface area contributed by atoms with Gasteiger partial charge < -0.3 is 16.2 Å². The van der Waals surface area contributed by atoms with E-state index in [0.717, 1.165) is 5.56 Å². The van der Waals surface area contributed by atoms with Crippen LogP contribution < -0.4 is 21.5 Å². The van der Waals surface area contributed by atoms with Gasteiger partial charge in [-0.15, -0.1) is 0 Å². The summed E-state index contributed by atoms with van der Waals surface area (Å²) >= 11 is 0. The lowest BCUT2D eigenvalue weighted by molar-refractivity contribution is -0.130. The first-order chi connectivity index (χ1) is 9.56. The second kappa shape index (κ2) is 8.29. The lowest BCUT2D eigenvalue weighted by Crippen LogP contribution is -2.44. The van der Waals surface area contributed by atoms with Crippen LogP contribution in [0.3, 0.4) is 0 Å². The van der Waals surface area contributed by atoms with Gasteiger partial charge >= 0.3 is 0 Å². The average molecular weight is 279 g/mol. The zero-order valence-electron chi connectivity index (χ0n) is 11.6. The van der Waals surface area contributed by atoms with Crippen molar-refractivity contribution in [3.05, 3.63) is 29.8 Å². The average Bonchev–Trinajstić information content (AvgIpc) is 2.45. The minimum absolute atomic E-state index is 0.124. The molecule has 0 saturated heterocycles. The van der Waals surface area contributed by atoms with Crippen LogP contribution in [0.15, 0.2) is 24.3 Å². The summed E-state index contributed by atoms with van der Waals surface area (Å²) in [4.78, 5) is 23.3. The molecule has 1 rings (SSSR count). The maximum absolute atomic E-state index is 11.7. The number of nitrogens with one attached hydrogen (secondary N) is 1. The van der Waals surface area contributed by atoms with E-state index in [4.69, 9.17) is 16.2 Å². The smallest absolute Gasteiger partial charge is 0.243 e. The second-order valence-corrected chi connectivity index (χ2v) is 4.47. The Hall–Kier alpha value is -1.92. The maximum Gasteiger partial charge on any atom is 0.243 e. The third-order valence-corrected chi connectivity index (χ3v) is 2.84. The molecule has 1 aromatic rings. The highest BCUT2D eigenvalue weighted by Crippen LogP contribution is 2.11. The van der Waals surface area contributed by atoms with Crippen molar-refractivity contribution in [3.63, 3.8) is 0 Å². The number of hydrogen-bond acceptors (Lipinski definition) is 5. The molecule has 1 aromatic carbocycles. The molecule has 1 atom stereocenters. The Morgan fingerprint density at radius 1 is 1.30 bits per heavy atom.